The number of methoxy groups -OCH3 is 1. The topological polar surface area (TPSA) is 124 Å². The number of amides is 1. The number of aromatic nitrogens is 1. The maximum absolute atomic E-state index is 12.8. The Morgan fingerprint density at radius 1 is 1.23 bits per heavy atom. The largest absolute Gasteiger partial charge is 0.495 e. The number of hydrogen-bond donors (Lipinski definition) is 1. The van der Waals surface area contributed by atoms with E-state index < -0.39 is 28.5 Å². The van der Waals surface area contributed by atoms with Gasteiger partial charge in [0.25, 0.3) is 5.91 Å². The Labute approximate surface area is 187 Å². The molecule has 1 N–H and O–H groups in total. The number of carbonyl (C=O) groups excluding carboxylic acids is 2. The van der Waals surface area contributed by atoms with E-state index in [1.807, 2.05) is 0 Å². The van der Waals surface area contributed by atoms with Crippen molar-refractivity contribution in [3.63, 3.8) is 0 Å². The number of anilines is 1. The van der Waals surface area contributed by atoms with E-state index >= 15 is 0 Å². The summed E-state index contributed by atoms with van der Waals surface area (Å²) < 4.78 is 42.9. The van der Waals surface area contributed by atoms with E-state index in [2.05, 4.69) is 26.2 Å². The van der Waals surface area contributed by atoms with Crippen molar-refractivity contribution in [3.05, 3.63) is 46.7 Å². The second-order valence-corrected chi connectivity index (χ2v) is 9.25. The number of nitrogens with zero attached hydrogens (tertiary/aromatic N) is 2. The Balaban J connectivity index is 1.66. The van der Waals surface area contributed by atoms with Crippen LogP contribution in [0.15, 0.2) is 46.0 Å². The van der Waals surface area contributed by atoms with Crippen molar-refractivity contribution in [3.8, 4) is 5.75 Å². The number of ether oxygens (including phenoxy) is 3. The fourth-order valence-electron chi connectivity index (χ4n) is 2.80. The average molecular weight is 514 g/mol. The minimum absolute atomic E-state index is 0.0397. The van der Waals surface area contributed by atoms with Crippen LogP contribution < -0.4 is 10.1 Å². The van der Waals surface area contributed by atoms with Crippen molar-refractivity contribution >= 4 is 43.5 Å². The van der Waals surface area contributed by atoms with Crippen LogP contribution in [0.5, 0.6) is 5.75 Å². The molecule has 31 heavy (non-hydrogen) atoms. The predicted molar refractivity (Wildman–Crippen MR) is 113 cm³/mol. The molecule has 166 valence electrons. The van der Waals surface area contributed by atoms with Crippen LogP contribution in [0, 0.1) is 0 Å². The van der Waals surface area contributed by atoms with Gasteiger partial charge in [-0.15, -0.1) is 0 Å². The summed E-state index contributed by atoms with van der Waals surface area (Å²) in [6, 6.07) is 5.65. The van der Waals surface area contributed by atoms with Crippen LogP contribution in [0.25, 0.3) is 0 Å². The molecule has 0 bridgehead atoms. The van der Waals surface area contributed by atoms with E-state index in [-0.39, 0.29) is 35.0 Å². The molecule has 10 nitrogen and oxygen atoms in total. The molecule has 1 aromatic heterocycles. The molecule has 0 unspecified atom stereocenters. The summed E-state index contributed by atoms with van der Waals surface area (Å²) in [6.45, 7) is 0.658. The fraction of sp³-hybridized carbons (Fsp3) is 0.316. The quantitative estimate of drug-likeness (QED) is 0.554. The third-order valence-electron chi connectivity index (χ3n) is 4.33. The molecule has 1 amide bonds. The molecule has 1 aliphatic rings. The van der Waals surface area contributed by atoms with Gasteiger partial charge in [0, 0.05) is 36.0 Å². The number of pyridine rings is 1. The fourth-order valence-corrected chi connectivity index (χ4v) is 4.58. The Bertz CT molecular complexity index is 1070. The predicted octanol–water partition coefficient (Wildman–Crippen LogP) is 1.67. The van der Waals surface area contributed by atoms with Gasteiger partial charge in [-0.25, -0.2) is 13.2 Å². The third kappa shape index (κ3) is 5.79. The first-order chi connectivity index (χ1) is 14.8. The summed E-state index contributed by atoms with van der Waals surface area (Å²) in [4.78, 5) is 28.1. The van der Waals surface area contributed by atoms with E-state index in [9.17, 15) is 18.0 Å². The molecule has 12 heteroatoms. The summed E-state index contributed by atoms with van der Waals surface area (Å²) in [5, 5.41) is 2.54. The minimum atomic E-state index is -3.71. The summed E-state index contributed by atoms with van der Waals surface area (Å²) in [6.07, 6.45) is 2.83. The zero-order valence-corrected chi connectivity index (χ0v) is 18.9. The molecule has 0 saturated carbocycles. The molecule has 1 saturated heterocycles. The van der Waals surface area contributed by atoms with Gasteiger partial charge in [-0.2, -0.15) is 4.31 Å². The van der Waals surface area contributed by atoms with Gasteiger partial charge in [-0.3, -0.25) is 9.78 Å². The molecule has 1 aromatic carbocycles. The minimum Gasteiger partial charge on any atom is -0.495 e. The van der Waals surface area contributed by atoms with Gasteiger partial charge in [-0.05, 0) is 34.1 Å². The summed E-state index contributed by atoms with van der Waals surface area (Å²) in [7, 11) is -2.36. The second kappa shape index (κ2) is 10.2. The molecule has 0 atom stereocenters. The monoisotopic (exact) mass is 513 g/mol. The Hall–Kier alpha value is -2.54. The normalized spacial score (nSPS) is 14.6. The number of morpholine rings is 1. The summed E-state index contributed by atoms with van der Waals surface area (Å²) in [5.41, 5.74) is 0.436. The van der Waals surface area contributed by atoms with Gasteiger partial charge >= 0.3 is 5.97 Å². The van der Waals surface area contributed by atoms with Gasteiger partial charge in [-0.1, -0.05) is 0 Å². The van der Waals surface area contributed by atoms with E-state index in [1.54, 1.807) is 0 Å². The second-order valence-electron chi connectivity index (χ2n) is 6.39. The Kier molecular flexibility index (Phi) is 7.59. The van der Waals surface area contributed by atoms with E-state index in [0.717, 1.165) is 0 Å². The van der Waals surface area contributed by atoms with Crippen molar-refractivity contribution in [1.82, 2.24) is 9.29 Å². The van der Waals surface area contributed by atoms with Crippen molar-refractivity contribution in [2.45, 2.75) is 4.90 Å². The molecular formula is C19H20BrN3O7S. The van der Waals surface area contributed by atoms with E-state index in [4.69, 9.17) is 14.2 Å². The first kappa shape index (κ1) is 23.1. The lowest BCUT2D eigenvalue weighted by atomic mass is 10.3. The number of hydrogen-bond acceptors (Lipinski definition) is 8. The SMILES string of the molecule is COc1cc(S(=O)(=O)N2CCOCC2)ccc1NC(=O)COC(=O)c1cncc(Br)c1. The van der Waals surface area contributed by atoms with Gasteiger partial charge in [0.2, 0.25) is 10.0 Å². The van der Waals surface area contributed by atoms with Crippen LogP contribution in [0.4, 0.5) is 5.69 Å². The highest BCUT2D eigenvalue weighted by atomic mass is 79.9. The number of carbonyl (C=O) groups is 2. The molecule has 0 radical (unpaired) electrons. The molecule has 2 aromatic rings. The van der Waals surface area contributed by atoms with Crippen LogP contribution in [-0.2, 0) is 24.3 Å². The van der Waals surface area contributed by atoms with Crippen molar-refractivity contribution in [2.75, 3.05) is 45.3 Å². The number of rotatable bonds is 7. The van der Waals surface area contributed by atoms with Crippen molar-refractivity contribution < 1.29 is 32.2 Å². The van der Waals surface area contributed by atoms with Gasteiger partial charge in [0.05, 0.1) is 36.5 Å². The lowest BCUT2D eigenvalue weighted by Gasteiger charge is -2.26. The number of benzene rings is 1. The lowest BCUT2D eigenvalue weighted by molar-refractivity contribution is -0.119. The summed E-state index contributed by atoms with van der Waals surface area (Å²) in [5.74, 6) is -1.16. The Morgan fingerprint density at radius 2 is 1.97 bits per heavy atom. The maximum atomic E-state index is 12.8. The molecular weight excluding hydrogens is 494 g/mol. The maximum Gasteiger partial charge on any atom is 0.340 e. The van der Waals surface area contributed by atoms with E-state index in [0.29, 0.717) is 17.7 Å². The van der Waals surface area contributed by atoms with Gasteiger partial charge in [0.1, 0.15) is 5.75 Å². The standard InChI is InChI=1S/C19H20BrN3O7S/c1-28-17-9-15(31(26,27)23-4-6-29-7-5-23)2-3-16(17)22-18(24)12-30-19(25)13-8-14(20)11-21-10-13/h2-3,8-11H,4-7,12H2,1H3,(H,22,24). The molecule has 0 spiro atoms. The van der Waals surface area contributed by atoms with Gasteiger partial charge < -0.3 is 19.5 Å². The number of sulfonamides is 1. The molecule has 0 aliphatic carbocycles. The average Bonchev–Trinajstić information content (AvgIpc) is 2.78. The van der Waals surface area contributed by atoms with Crippen LogP contribution in [0.2, 0.25) is 0 Å². The third-order valence-corrected chi connectivity index (χ3v) is 6.66. The lowest BCUT2D eigenvalue weighted by Crippen LogP contribution is -2.40. The van der Waals surface area contributed by atoms with Crippen molar-refractivity contribution in [2.24, 2.45) is 0 Å². The number of nitrogens with one attached hydrogen (secondary N) is 1. The molecule has 3 rings (SSSR count). The van der Waals surface area contributed by atoms with Crippen LogP contribution in [-0.4, -0.2) is 69.6 Å². The summed E-state index contributed by atoms with van der Waals surface area (Å²) >= 11 is 3.20. The molecule has 2 heterocycles. The highest BCUT2D eigenvalue weighted by Crippen LogP contribution is 2.29. The highest BCUT2D eigenvalue weighted by Gasteiger charge is 2.27. The smallest absolute Gasteiger partial charge is 0.340 e. The number of esters is 1. The van der Waals surface area contributed by atoms with E-state index in [1.165, 1.54) is 48.1 Å². The van der Waals surface area contributed by atoms with Gasteiger partial charge in [0.15, 0.2) is 6.61 Å². The van der Waals surface area contributed by atoms with Crippen LogP contribution in [0.1, 0.15) is 10.4 Å². The molecule has 1 aliphatic heterocycles. The highest BCUT2D eigenvalue weighted by molar-refractivity contribution is 9.10. The van der Waals surface area contributed by atoms with Crippen molar-refractivity contribution in [1.29, 1.82) is 0 Å². The zero-order valence-electron chi connectivity index (χ0n) is 16.5. The Morgan fingerprint density at radius 3 is 2.65 bits per heavy atom. The molecule has 1 fully saturated rings. The first-order valence-electron chi connectivity index (χ1n) is 9.14. The zero-order chi connectivity index (χ0) is 22.4. The van der Waals surface area contributed by atoms with Crippen LogP contribution >= 0.6 is 15.9 Å². The number of halogens is 1. The van der Waals surface area contributed by atoms with Crippen LogP contribution in [0.3, 0.4) is 0 Å². The first-order valence-corrected chi connectivity index (χ1v) is 11.4.